The highest BCUT2D eigenvalue weighted by Crippen LogP contribution is 2.31. The highest BCUT2D eigenvalue weighted by atomic mass is 16.6. The number of furan rings is 1. The lowest BCUT2D eigenvalue weighted by molar-refractivity contribution is 0.0696. The maximum absolute atomic E-state index is 11.8. The zero-order valence-corrected chi connectivity index (χ0v) is 11.2. The van der Waals surface area contributed by atoms with E-state index in [1.807, 2.05) is 12.1 Å². The molecule has 0 saturated carbocycles. The summed E-state index contributed by atoms with van der Waals surface area (Å²) in [5.41, 5.74) is 1.12. The molecule has 2 rings (SSSR count). The van der Waals surface area contributed by atoms with Gasteiger partial charge in [0.2, 0.25) is 5.76 Å². The molecule has 0 atom stereocenters. The van der Waals surface area contributed by atoms with Crippen LogP contribution in [0.5, 0.6) is 11.5 Å². The Kier molecular flexibility index (Phi) is 3.90. The summed E-state index contributed by atoms with van der Waals surface area (Å²) >= 11 is 0. The second-order valence-corrected chi connectivity index (χ2v) is 4.43. The maximum atomic E-state index is 11.8. The third-order valence-electron chi connectivity index (χ3n) is 2.78. The van der Waals surface area contributed by atoms with Gasteiger partial charge in [0.15, 0.2) is 11.5 Å². The van der Waals surface area contributed by atoms with Crippen LogP contribution in [0.15, 0.2) is 41.0 Å². The maximum Gasteiger partial charge on any atom is 0.379 e. The molecule has 2 aromatic rings. The minimum Gasteiger partial charge on any atom is -0.493 e. The third kappa shape index (κ3) is 2.96. The van der Waals surface area contributed by atoms with Gasteiger partial charge < -0.3 is 13.9 Å². The van der Waals surface area contributed by atoms with Gasteiger partial charge in [-0.3, -0.25) is 0 Å². The molecule has 0 fully saturated rings. The number of carbonyl (C=O) groups is 1. The smallest absolute Gasteiger partial charge is 0.379 e. The first-order valence-electron chi connectivity index (χ1n) is 6.05. The number of methoxy groups -OCH3 is 1. The highest BCUT2D eigenvalue weighted by molar-refractivity contribution is 5.88. The molecule has 0 spiro atoms. The molecule has 1 aromatic carbocycles. The van der Waals surface area contributed by atoms with E-state index in [0.29, 0.717) is 17.4 Å². The fourth-order valence-corrected chi connectivity index (χ4v) is 1.67. The summed E-state index contributed by atoms with van der Waals surface area (Å²) in [6, 6.07) is 8.70. The van der Waals surface area contributed by atoms with Crippen LogP contribution < -0.4 is 9.47 Å². The topological polar surface area (TPSA) is 48.7 Å². The summed E-state index contributed by atoms with van der Waals surface area (Å²) in [5, 5.41) is 0. The van der Waals surface area contributed by atoms with Crippen molar-refractivity contribution in [3.05, 3.63) is 47.9 Å². The van der Waals surface area contributed by atoms with Crippen molar-refractivity contribution in [1.82, 2.24) is 0 Å². The van der Waals surface area contributed by atoms with Crippen LogP contribution in [0.4, 0.5) is 0 Å². The fourth-order valence-electron chi connectivity index (χ4n) is 1.67. The van der Waals surface area contributed by atoms with Gasteiger partial charge in [0.05, 0.1) is 13.4 Å². The Morgan fingerprint density at radius 3 is 2.58 bits per heavy atom. The van der Waals surface area contributed by atoms with Crippen LogP contribution in [0, 0.1) is 0 Å². The first-order valence-corrected chi connectivity index (χ1v) is 6.05. The van der Waals surface area contributed by atoms with E-state index < -0.39 is 5.97 Å². The van der Waals surface area contributed by atoms with Crippen LogP contribution in [0.2, 0.25) is 0 Å². The lowest BCUT2D eigenvalue weighted by Crippen LogP contribution is -2.08. The van der Waals surface area contributed by atoms with Crippen molar-refractivity contribution in [2.75, 3.05) is 7.11 Å². The quantitative estimate of drug-likeness (QED) is 0.622. The molecule has 100 valence electrons. The summed E-state index contributed by atoms with van der Waals surface area (Å²) < 4.78 is 15.5. The Bertz CT molecular complexity index is 556. The number of rotatable bonds is 4. The van der Waals surface area contributed by atoms with Crippen LogP contribution in [0.1, 0.15) is 35.9 Å². The molecule has 0 N–H and O–H groups in total. The Morgan fingerprint density at radius 2 is 2.00 bits per heavy atom. The van der Waals surface area contributed by atoms with Gasteiger partial charge >= 0.3 is 5.97 Å². The molecule has 0 aliphatic carbocycles. The molecule has 0 radical (unpaired) electrons. The fraction of sp³-hybridized carbons (Fsp3) is 0.267. The Hall–Kier alpha value is -2.23. The molecule has 4 heteroatoms. The zero-order chi connectivity index (χ0) is 13.8. The predicted molar refractivity (Wildman–Crippen MR) is 70.7 cm³/mol. The standard InChI is InChI=1S/C15H16O4/c1-10(2)11-6-7-12(14(9-11)17-3)19-15(16)13-5-4-8-18-13/h4-10H,1-3H3. The van der Waals surface area contributed by atoms with E-state index in [-0.39, 0.29) is 5.76 Å². The van der Waals surface area contributed by atoms with E-state index in [1.54, 1.807) is 25.3 Å². The molecule has 0 saturated heterocycles. The molecular weight excluding hydrogens is 244 g/mol. The zero-order valence-electron chi connectivity index (χ0n) is 11.2. The average Bonchev–Trinajstić information content (AvgIpc) is 2.92. The number of benzene rings is 1. The molecule has 19 heavy (non-hydrogen) atoms. The Morgan fingerprint density at radius 1 is 1.21 bits per heavy atom. The van der Waals surface area contributed by atoms with Crippen molar-refractivity contribution in [3.63, 3.8) is 0 Å². The summed E-state index contributed by atoms with van der Waals surface area (Å²) in [6.45, 7) is 4.17. The van der Waals surface area contributed by atoms with E-state index in [2.05, 4.69) is 13.8 Å². The van der Waals surface area contributed by atoms with Gasteiger partial charge in [-0.15, -0.1) is 0 Å². The van der Waals surface area contributed by atoms with Crippen molar-refractivity contribution in [2.45, 2.75) is 19.8 Å². The number of esters is 1. The number of hydrogen-bond donors (Lipinski definition) is 0. The number of ether oxygens (including phenoxy) is 2. The van der Waals surface area contributed by atoms with E-state index in [0.717, 1.165) is 5.56 Å². The second-order valence-electron chi connectivity index (χ2n) is 4.43. The lowest BCUT2D eigenvalue weighted by Gasteiger charge is -2.12. The van der Waals surface area contributed by atoms with Gasteiger partial charge in [0.1, 0.15) is 0 Å². The molecule has 0 aliphatic heterocycles. The summed E-state index contributed by atoms with van der Waals surface area (Å²) in [7, 11) is 1.55. The van der Waals surface area contributed by atoms with Crippen LogP contribution in [0.3, 0.4) is 0 Å². The lowest BCUT2D eigenvalue weighted by atomic mass is 10.0. The molecule has 0 bridgehead atoms. The van der Waals surface area contributed by atoms with E-state index in [1.165, 1.54) is 6.26 Å². The molecule has 4 nitrogen and oxygen atoms in total. The number of carbonyl (C=O) groups excluding carboxylic acids is 1. The van der Waals surface area contributed by atoms with Crippen molar-refractivity contribution < 1.29 is 18.7 Å². The normalized spacial score (nSPS) is 10.5. The van der Waals surface area contributed by atoms with Crippen LogP contribution >= 0.6 is 0 Å². The van der Waals surface area contributed by atoms with E-state index in [4.69, 9.17) is 13.9 Å². The molecule has 0 unspecified atom stereocenters. The van der Waals surface area contributed by atoms with Gasteiger partial charge in [0.25, 0.3) is 0 Å². The monoisotopic (exact) mass is 260 g/mol. The Balaban J connectivity index is 2.23. The second kappa shape index (κ2) is 5.61. The van der Waals surface area contributed by atoms with Crippen molar-refractivity contribution >= 4 is 5.97 Å². The minimum absolute atomic E-state index is 0.162. The molecule has 1 aromatic heterocycles. The van der Waals surface area contributed by atoms with Crippen molar-refractivity contribution in [2.24, 2.45) is 0 Å². The van der Waals surface area contributed by atoms with E-state index >= 15 is 0 Å². The summed E-state index contributed by atoms with van der Waals surface area (Å²) in [4.78, 5) is 11.8. The first kappa shape index (κ1) is 13.2. The largest absolute Gasteiger partial charge is 0.493 e. The van der Waals surface area contributed by atoms with Gasteiger partial charge in [-0.1, -0.05) is 19.9 Å². The molecule has 0 amide bonds. The highest BCUT2D eigenvalue weighted by Gasteiger charge is 2.15. The van der Waals surface area contributed by atoms with E-state index in [9.17, 15) is 4.79 Å². The van der Waals surface area contributed by atoms with Gasteiger partial charge in [-0.2, -0.15) is 0 Å². The average molecular weight is 260 g/mol. The van der Waals surface area contributed by atoms with Gasteiger partial charge in [-0.25, -0.2) is 4.79 Å². The van der Waals surface area contributed by atoms with Crippen LogP contribution in [-0.4, -0.2) is 13.1 Å². The summed E-state index contributed by atoms with van der Waals surface area (Å²) in [5.74, 6) is 0.915. The first-order chi connectivity index (χ1) is 9.11. The third-order valence-corrected chi connectivity index (χ3v) is 2.78. The molecular formula is C15H16O4. The SMILES string of the molecule is COc1cc(C(C)C)ccc1OC(=O)c1ccco1. The van der Waals surface area contributed by atoms with Gasteiger partial charge in [0, 0.05) is 0 Å². The molecule has 1 heterocycles. The number of hydrogen-bond acceptors (Lipinski definition) is 4. The predicted octanol–water partition coefficient (Wildman–Crippen LogP) is 3.63. The summed E-state index contributed by atoms with van der Waals surface area (Å²) in [6.07, 6.45) is 1.43. The van der Waals surface area contributed by atoms with Crippen molar-refractivity contribution in [3.8, 4) is 11.5 Å². The molecule has 0 aliphatic rings. The van der Waals surface area contributed by atoms with Crippen LogP contribution in [0.25, 0.3) is 0 Å². The van der Waals surface area contributed by atoms with Gasteiger partial charge in [-0.05, 0) is 35.7 Å². The Labute approximate surface area is 111 Å². The van der Waals surface area contributed by atoms with Crippen LogP contribution in [-0.2, 0) is 0 Å². The van der Waals surface area contributed by atoms with Crippen molar-refractivity contribution in [1.29, 1.82) is 0 Å². The minimum atomic E-state index is -0.541.